The monoisotopic (exact) mass is 858 g/mol. The molecule has 0 spiro atoms. The molecule has 0 aromatic heterocycles. The van der Waals surface area contributed by atoms with Gasteiger partial charge in [0.2, 0.25) is 0 Å². The Morgan fingerprint density at radius 2 is 0.660 bits per heavy atom. The van der Waals surface area contributed by atoms with Crippen molar-refractivity contribution in [2.45, 2.75) is 33.4 Å². The minimum absolute atomic E-state index is 0. The summed E-state index contributed by atoms with van der Waals surface area (Å²) < 4.78 is 4.59. The summed E-state index contributed by atoms with van der Waals surface area (Å²) in [6, 6.07) is 61.1. The van der Waals surface area contributed by atoms with E-state index in [4.69, 9.17) is 20.4 Å². The third-order valence-corrected chi connectivity index (χ3v) is 13.9. The van der Waals surface area contributed by atoms with E-state index in [1.807, 2.05) is 60.7 Å². The summed E-state index contributed by atoms with van der Waals surface area (Å²) in [5.41, 5.74) is 5.08. The Labute approximate surface area is 326 Å². The van der Waals surface area contributed by atoms with Gasteiger partial charge in [-0.1, -0.05) is 0 Å². The van der Waals surface area contributed by atoms with Gasteiger partial charge in [-0.15, -0.1) is 11.1 Å². The fraction of sp³-hybridized carbons (Fsp3) is 0.116. The molecule has 7 aromatic rings. The third kappa shape index (κ3) is 17.1. The number of hydrogen-bond acceptors (Lipinski definition) is 4. The van der Waals surface area contributed by atoms with Gasteiger partial charge in [-0.05, 0) is 0 Å². The zero-order valence-corrected chi connectivity index (χ0v) is 33.2. The standard InChI is InChI=1S/3C7H7.2C6H7O2.2C5H5.2Fe.Sb/c3*1-7-5-3-2-4-6-7;2*7-6(8)5-3-1-2-4-5;2*1-2-4-5-3-1;;;/h3*3-6H,1H3;2*1-4,6-8H;2*1-5H;;;/q;;;4*-1;;;. The van der Waals surface area contributed by atoms with Gasteiger partial charge in [-0.25, -0.2) is 48.5 Å². The van der Waals surface area contributed by atoms with E-state index in [2.05, 4.69) is 93.6 Å². The predicted molar refractivity (Wildman–Crippen MR) is 201 cm³/mol. The van der Waals surface area contributed by atoms with Crippen LogP contribution in [0.15, 0.2) is 182 Å². The predicted octanol–water partition coefficient (Wildman–Crippen LogP) is 6.71. The van der Waals surface area contributed by atoms with Crippen LogP contribution in [-0.4, -0.2) is 40.6 Å². The van der Waals surface area contributed by atoms with E-state index < -0.39 is 32.8 Å². The SMILES string of the molecule is Cc1cc[c]([Sb]([c]2ccc(C)cc2)[c]2ccc(C)cc2)cc1.OC(O)[c-]1cccc1.OC(O)[c-]1cccc1.[Fe].[Fe].c1cc[cH-]c1.c1cc[cH-]c1. The molecule has 0 heterocycles. The van der Waals surface area contributed by atoms with Crippen molar-refractivity contribution in [2.24, 2.45) is 0 Å². The van der Waals surface area contributed by atoms with Crippen LogP contribution in [0.4, 0.5) is 0 Å². The normalized spacial score (nSPS) is 9.72. The average Bonchev–Trinajstić information content (AvgIpc) is 3.93. The van der Waals surface area contributed by atoms with Gasteiger partial charge in [0.1, 0.15) is 12.6 Å². The van der Waals surface area contributed by atoms with Crippen molar-refractivity contribution < 1.29 is 54.6 Å². The Hall–Kier alpha value is -3.24. The maximum atomic E-state index is 8.47. The number of aliphatic hydroxyl groups is 4. The molecule has 7 rings (SSSR count). The Morgan fingerprint density at radius 1 is 0.420 bits per heavy atom. The van der Waals surface area contributed by atoms with Crippen molar-refractivity contribution in [1.82, 2.24) is 0 Å². The summed E-state index contributed by atoms with van der Waals surface area (Å²) in [4.78, 5) is 0. The molecule has 4 N–H and O–H groups in total. The fourth-order valence-electron chi connectivity index (χ4n) is 4.29. The maximum Gasteiger partial charge on any atom is 0.131 e. The molecule has 0 saturated carbocycles. The van der Waals surface area contributed by atoms with Gasteiger partial charge >= 0.3 is 141 Å². The summed E-state index contributed by atoms with van der Waals surface area (Å²) in [5, 5.41) is 33.9. The molecule has 7 heteroatoms. The van der Waals surface area contributed by atoms with Crippen LogP contribution >= 0.6 is 0 Å². The Balaban J connectivity index is 0.000000365. The molecule has 0 unspecified atom stereocenters. The van der Waals surface area contributed by atoms with Crippen LogP contribution in [0, 0.1) is 20.8 Å². The molecule has 266 valence electrons. The molecule has 0 atom stereocenters. The smallest absolute Gasteiger partial charge is 0.131 e. The van der Waals surface area contributed by atoms with Crippen LogP contribution in [0.1, 0.15) is 40.4 Å². The van der Waals surface area contributed by atoms with Gasteiger partial charge in [0.05, 0.1) is 0 Å². The van der Waals surface area contributed by atoms with E-state index >= 15 is 0 Å². The van der Waals surface area contributed by atoms with Gasteiger partial charge in [-0.2, -0.15) is 60.7 Å². The third-order valence-electron chi connectivity index (χ3n) is 6.96. The van der Waals surface area contributed by atoms with Gasteiger partial charge in [0.15, 0.2) is 0 Å². The fourth-order valence-corrected chi connectivity index (χ4v) is 10.7. The first-order valence-electron chi connectivity index (χ1n) is 15.7. The molecule has 0 aliphatic carbocycles. The molecule has 0 amide bonds. The minimum Gasteiger partial charge on any atom is -0.375 e. The van der Waals surface area contributed by atoms with E-state index in [0.29, 0.717) is 11.1 Å². The second-order valence-electron chi connectivity index (χ2n) is 11.0. The number of hydrogen-bond donors (Lipinski definition) is 4. The van der Waals surface area contributed by atoms with Gasteiger partial charge in [0, 0.05) is 34.1 Å². The van der Waals surface area contributed by atoms with Crippen LogP contribution in [0.25, 0.3) is 0 Å². The molecular weight excluding hydrogens is 814 g/mol. The summed E-state index contributed by atoms with van der Waals surface area (Å²) >= 11 is -1.90. The zero-order chi connectivity index (χ0) is 34.6. The zero-order valence-electron chi connectivity index (χ0n) is 28.4. The van der Waals surface area contributed by atoms with Crippen LogP contribution in [-0.2, 0) is 34.1 Å². The molecule has 0 radical (unpaired) electrons. The van der Waals surface area contributed by atoms with Crippen LogP contribution in [0.5, 0.6) is 0 Å². The van der Waals surface area contributed by atoms with E-state index in [0.717, 1.165) is 0 Å². The van der Waals surface area contributed by atoms with Gasteiger partial charge < -0.3 is 20.4 Å². The van der Waals surface area contributed by atoms with Crippen molar-refractivity contribution in [3.8, 4) is 0 Å². The summed E-state index contributed by atoms with van der Waals surface area (Å²) in [6.45, 7) is 6.47. The number of aryl methyl sites for hydroxylation is 3. The summed E-state index contributed by atoms with van der Waals surface area (Å²) in [6.07, 6.45) is -2.63. The molecule has 7 aromatic carbocycles. The average molecular weight is 859 g/mol. The topological polar surface area (TPSA) is 80.9 Å². The molecule has 50 heavy (non-hydrogen) atoms. The molecule has 0 bridgehead atoms. The van der Waals surface area contributed by atoms with Gasteiger partial charge in [-0.3, -0.25) is 0 Å². The second-order valence-corrected chi connectivity index (χ2v) is 17.3. The molecule has 0 fully saturated rings. The number of aliphatic hydroxyl groups excluding tert-OH is 2. The Kier molecular flexibility index (Phi) is 23.0. The molecule has 0 aliphatic heterocycles. The van der Waals surface area contributed by atoms with Crippen LogP contribution < -0.4 is 10.5 Å². The Morgan fingerprint density at radius 3 is 0.820 bits per heavy atom. The molecular formula is C43H45Fe2O4Sb-4. The largest absolute Gasteiger partial charge is 0.375 e. The minimum atomic E-state index is -1.90. The van der Waals surface area contributed by atoms with Gasteiger partial charge in [0.25, 0.3) is 0 Å². The maximum absolute atomic E-state index is 8.47. The van der Waals surface area contributed by atoms with E-state index in [1.54, 1.807) is 48.5 Å². The van der Waals surface area contributed by atoms with E-state index in [-0.39, 0.29) is 34.1 Å². The molecule has 4 nitrogen and oxygen atoms in total. The van der Waals surface area contributed by atoms with Crippen molar-refractivity contribution >= 4 is 30.7 Å². The number of benzene rings is 3. The van der Waals surface area contributed by atoms with Crippen molar-refractivity contribution in [1.29, 1.82) is 0 Å². The number of rotatable bonds is 5. The van der Waals surface area contributed by atoms with E-state index in [9.17, 15) is 0 Å². The first kappa shape index (κ1) is 44.8. The van der Waals surface area contributed by atoms with Crippen LogP contribution in [0.2, 0.25) is 0 Å². The quantitative estimate of drug-likeness (QED) is 0.0883. The first-order valence-corrected chi connectivity index (χ1v) is 19.6. The molecule has 0 saturated heterocycles. The first-order chi connectivity index (χ1) is 23.2. The van der Waals surface area contributed by atoms with E-state index in [1.165, 1.54) is 27.2 Å². The molecule has 0 aliphatic rings. The van der Waals surface area contributed by atoms with Crippen LogP contribution in [0.3, 0.4) is 0 Å². The van der Waals surface area contributed by atoms with Crippen molar-refractivity contribution in [3.05, 3.63) is 210 Å². The Bertz CT molecular complexity index is 1500. The van der Waals surface area contributed by atoms with Crippen molar-refractivity contribution in [2.75, 3.05) is 0 Å². The van der Waals surface area contributed by atoms with Crippen molar-refractivity contribution in [3.63, 3.8) is 0 Å². The summed E-state index contributed by atoms with van der Waals surface area (Å²) in [5.74, 6) is 0. The summed E-state index contributed by atoms with van der Waals surface area (Å²) in [7, 11) is 0. The second kappa shape index (κ2) is 25.7.